The zero-order valence-corrected chi connectivity index (χ0v) is 8.58. The Kier molecular flexibility index (Phi) is 3.62. The maximum Gasteiger partial charge on any atom is 0.253 e. The van der Waals surface area contributed by atoms with E-state index in [4.69, 9.17) is 10.5 Å². The predicted octanol–water partition coefficient (Wildman–Crippen LogP) is 1.38. The molecule has 0 saturated carbocycles. The lowest BCUT2D eigenvalue weighted by Crippen LogP contribution is -2.26. The van der Waals surface area contributed by atoms with Gasteiger partial charge in [-0.25, -0.2) is 4.39 Å². The standard InChI is InChI=1S/C10H13FN2O2/c1-6(15-2)10(14)13-9-5-7(11)3-4-8(9)12/h3-6H,12H2,1-2H3,(H,13,14). The van der Waals surface area contributed by atoms with Gasteiger partial charge >= 0.3 is 0 Å². The van der Waals surface area contributed by atoms with E-state index in [2.05, 4.69) is 5.32 Å². The molecule has 1 rings (SSSR count). The van der Waals surface area contributed by atoms with Crippen molar-refractivity contribution in [3.05, 3.63) is 24.0 Å². The van der Waals surface area contributed by atoms with Crippen molar-refractivity contribution in [2.45, 2.75) is 13.0 Å². The van der Waals surface area contributed by atoms with Gasteiger partial charge in [-0.2, -0.15) is 0 Å². The highest BCUT2D eigenvalue weighted by Crippen LogP contribution is 2.19. The molecule has 3 N–H and O–H groups in total. The van der Waals surface area contributed by atoms with Gasteiger partial charge in [0.2, 0.25) is 0 Å². The lowest BCUT2D eigenvalue weighted by Gasteiger charge is -2.11. The molecule has 1 aromatic carbocycles. The number of nitrogens with two attached hydrogens (primary N) is 1. The van der Waals surface area contributed by atoms with E-state index in [-0.39, 0.29) is 11.6 Å². The fourth-order valence-electron chi connectivity index (χ4n) is 0.978. The highest BCUT2D eigenvalue weighted by atomic mass is 19.1. The third-order valence-electron chi connectivity index (χ3n) is 2.00. The average Bonchev–Trinajstić information content (AvgIpc) is 2.22. The molecule has 1 atom stereocenters. The third kappa shape index (κ3) is 2.92. The van der Waals surface area contributed by atoms with Gasteiger partial charge in [0, 0.05) is 7.11 Å². The van der Waals surface area contributed by atoms with E-state index < -0.39 is 11.9 Å². The minimum absolute atomic E-state index is 0.254. The Morgan fingerprint density at radius 1 is 1.60 bits per heavy atom. The number of nitrogen functional groups attached to an aromatic ring is 1. The Labute approximate surface area is 87.2 Å². The smallest absolute Gasteiger partial charge is 0.253 e. The van der Waals surface area contributed by atoms with Gasteiger partial charge in [-0.15, -0.1) is 0 Å². The molecular formula is C10H13FN2O2. The van der Waals surface area contributed by atoms with Crippen molar-refractivity contribution >= 4 is 17.3 Å². The molecule has 1 aromatic rings. The van der Waals surface area contributed by atoms with Gasteiger partial charge in [-0.1, -0.05) is 0 Å². The number of halogens is 1. The van der Waals surface area contributed by atoms with E-state index >= 15 is 0 Å². The van der Waals surface area contributed by atoms with Crippen molar-refractivity contribution in [2.24, 2.45) is 0 Å². The van der Waals surface area contributed by atoms with Crippen LogP contribution < -0.4 is 11.1 Å². The second-order valence-electron chi connectivity index (χ2n) is 3.10. The summed E-state index contributed by atoms with van der Waals surface area (Å²) in [5.74, 6) is -0.820. The van der Waals surface area contributed by atoms with Crippen molar-refractivity contribution in [1.29, 1.82) is 0 Å². The van der Waals surface area contributed by atoms with Crippen molar-refractivity contribution in [1.82, 2.24) is 0 Å². The summed E-state index contributed by atoms with van der Waals surface area (Å²) in [6.45, 7) is 1.59. The maximum absolute atomic E-state index is 12.8. The minimum Gasteiger partial charge on any atom is -0.397 e. The summed E-state index contributed by atoms with van der Waals surface area (Å²) in [5, 5.41) is 2.47. The molecule has 1 amide bonds. The summed E-state index contributed by atoms with van der Waals surface area (Å²) in [7, 11) is 1.42. The van der Waals surface area contributed by atoms with Crippen LogP contribution in [-0.4, -0.2) is 19.1 Å². The number of rotatable bonds is 3. The summed E-state index contributed by atoms with van der Waals surface area (Å²) < 4.78 is 17.7. The van der Waals surface area contributed by atoms with Crippen molar-refractivity contribution < 1.29 is 13.9 Å². The van der Waals surface area contributed by atoms with E-state index in [1.165, 1.54) is 19.2 Å². The zero-order chi connectivity index (χ0) is 11.4. The van der Waals surface area contributed by atoms with E-state index in [1.54, 1.807) is 6.92 Å². The third-order valence-corrected chi connectivity index (χ3v) is 2.00. The number of carbonyl (C=O) groups is 1. The Bertz CT molecular complexity index is 368. The summed E-state index contributed by atoms with van der Waals surface area (Å²) in [6.07, 6.45) is -0.604. The molecule has 4 nitrogen and oxygen atoms in total. The first kappa shape index (κ1) is 11.5. The van der Waals surface area contributed by atoms with Crippen molar-refractivity contribution in [3.63, 3.8) is 0 Å². The van der Waals surface area contributed by atoms with Crippen molar-refractivity contribution in [2.75, 3.05) is 18.2 Å². The molecule has 0 aliphatic carbocycles. The molecular weight excluding hydrogens is 199 g/mol. The quantitative estimate of drug-likeness (QED) is 0.744. The number of hydrogen-bond donors (Lipinski definition) is 2. The average molecular weight is 212 g/mol. The highest BCUT2D eigenvalue weighted by molar-refractivity contribution is 5.96. The second-order valence-corrected chi connectivity index (χ2v) is 3.10. The normalized spacial score (nSPS) is 12.2. The van der Waals surface area contributed by atoms with E-state index in [0.29, 0.717) is 5.69 Å². The monoisotopic (exact) mass is 212 g/mol. The first-order chi connectivity index (χ1) is 7.04. The van der Waals surface area contributed by atoms with Gasteiger partial charge in [-0.05, 0) is 25.1 Å². The number of benzene rings is 1. The number of methoxy groups -OCH3 is 1. The van der Waals surface area contributed by atoms with Gasteiger partial charge < -0.3 is 15.8 Å². The number of nitrogens with one attached hydrogen (secondary N) is 1. The molecule has 0 aromatic heterocycles. The first-order valence-corrected chi connectivity index (χ1v) is 4.43. The first-order valence-electron chi connectivity index (χ1n) is 4.43. The number of amides is 1. The van der Waals surface area contributed by atoms with Gasteiger partial charge in [0.1, 0.15) is 11.9 Å². The van der Waals surface area contributed by atoms with Crippen LogP contribution in [0.1, 0.15) is 6.92 Å². The van der Waals surface area contributed by atoms with Gasteiger partial charge in [0.25, 0.3) is 5.91 Å². The van der Waals surface area contributed by atoms with Crippen LogP contribution in [0.5, 0.6) is 0 Å². The fraction of sp³-hybridized carbons (Fsp3) is 0.300. The van der Waals surface area contributed by atoms with Crippen LogP contribution in [0, 0.1) is 5.82 Å². The minimum atomic E-state index is -0.604. The fourth-order valence-corrected chi connectivity index (χ4v) is 0.978. The molecule has 0 heterocycles. The van der Waals surface area contributed by atoms with E-state index in [1.807, 2.05) is 0 Å². The summed E-state index contributed by atoms with van der Waals surface area (Å²) in [6, 6.07) is 3.78. The molecule has 0 bridgehead atoms. The number of carbonyl (C=O) groups excluding carboxylic acids is 1. The molecule has 82 valence electrons. The molecule has 0 saturated heterocycles. The molecule has 0 fully saturated rings. The van der Waals surface area contributed by atoms with E-state index in [9.17, 15) is 9.18 Å². The second kappa shape index (κ2) is 4.75. The Balaban J connectivity index is 2.80. The van der Waals surface area contributed by atoms with Crippen molar-refractivity contribution in [3.8, 4) is 0 Å². The zero-order valence-electron chi connectivity index (χ0n) is 8.58. The van der Waals surface area contributed by atoms with Crippen LogP contribution in [-0.2, 0) is 9.53 Å². The number of ether oxygens (including phenoxy) is 1. The van der Waals surface area contributed by atoms with Gasteiger partial charge in [-0.3, -0.25) is 4.79 Å². The van der Waals surface area contributed by atoms with Crippen LogP contribution in [0.3, 0.4) is 0 Å². The molecule has 0 spiro atoms. The largest absolute Gasteiger partial charge is 0.397 e. The summed E-state index contributed by atoms with van der Waals surface area (Å²) in [4.78, 5) is 11.4. The molecule has 0 aliphatic heterocycles. The number of anilines is 2. The molecule has 15 heavy (non-hydrogen) atoms. The SMILES string of the molecule is COC(C)C(=O)Nc1cc(F)ccc1N. The van der Waals surface area contributed by atoms with Crippen LogP contribution >= 0.6 is 0 Å². The highest BCUT2D eigenvalue weighted by Gasteiger charge is 2.13. The Morgan fingerprint density at radius 3 is 2.87 bits per heavy atom. The van der Waals surface area contributed by atoms with Gasteiger partial charge in [0.05, 0.1) is 11.4 Å². The topological polar surface area (TPSA) is 64.3 Å². The molecule has 1 unspecified atom stereocenters. The molecule has 0 aliphatic rings. The lowest BCUT2D eigenvalue weighted by atomic mass is 10.2. The number of hydrogen-bond acceptors (Lipinski definition) is 3. The Morgan fingerprint density at radius 2 is 2.27 bits per heavy atom. The van der Waals surface area contributed by atoms with Crippen LogP contribution in [0.15, 0.2) is 18.2 Å². The Hall–Kier alpha value is -1.62. The van der Waals surface area contributed by atoms with Gasteiger partial charge in [0.15, 0.2) is 0 Å². The molecule has 5 heteroatoms. The molecule has 0 radical (unpaired) electrons. The van der Waals surface area contributed by atoms with Crippen LogP contribution in [0.2, 0.25) is 0 Å². The van der Waals surface area contributed by atoms with Crippen LogP contribution in [0.4, 0.5) is 15.8 Å². The van der Waals surface area contributed by atoms with E-state index in [0.717, 1.165) is 6.07 Å². The summed E-state index contributed by atoms with van der Waals surface area (Å²) >= 11 is 0. The predicted molar refractivity (Wildman–Crippen MR) is 55.9 cm³/mol. The summed E-state index contributed by atoms with van der Waals surface area (Å²) in [5.41, 5.74) is 6.12. The maximum atomic E-state index is 12.8. The lowest BCUT2D eigenvalue weighted by molar-refractivity contribution is -0.124. The van der Waals surface area contributed by atoms with Crippen LogP contribution in [0.25, 0.3) is 0 Å².